The number of aryl methyl sites for hydroxylation is 1. The maximum Gasteiger partial charge on any atom is 0.255 e. The molecule has 0 saturated heterocycles. The molecule has 9 heteroatoms. The number of nitrogens with one attached hydrogen (secondary N) is 2. The minimum Gasteiger partial charge on any atom is -0.506 e. The lowest BCUT2D eigenvalue weighted by molar-refractivity contribution is -0.115. The predicted octanol–water partition coefficient (Wildman–Crippen LogP) is 4.41. The molecule has 0 saturated carbocycles. The van der Waals surface area contributed by atoms with Crippen molar-refractivity contribution in [3.05, 3.63) is 82.9 Å². The van der Waals surface area contributed by atoms with Gasteiger partial charge in [0.2, 0.25) is 5.91 Å². The minimum atomic E-state index is -3.91. The Bertz CT molecular complexity index is 1260. The van der Waals surface area contributed by atoms with Crippen LogP contribution in [0.1, 0.15) is 22.8 Å². The minimum absolute atomic E-state index is 0.0117. The van der Waals surface area contributed by atoms with Gasteiger partial charge in [0, 0.05) is 11.6 Å². The Morgan fingerprint density at radius 3 is 2.19 bits per heavy atom. The normalized spacial score (nSPS) is 12.1. The number of aromatic hydroxyl groups is 1. The number of hydrogen-bond donors (Lipinski definition) is 3. The molecular weight excluding hydrogens is 452 g/mol. The van der Waals surface area contributed by atoms with E-state index >= 15 is 0 Å². The van der Waals surface area contributed by atoms with Gasteiger partial charge in [0.25, 0.3) is 5.91 Å². The van der Waals surface area contributed by atoms with Crippen LogP contribution in [0.15, 0.2) is 71.6 Å². The first-order chi connectivity index (χ1) is 15.1. The maximum atomic E-state index is 12.7. The largest absolute Gasteiger partial charge is 0.506 e. The van der Waals surface area contributed by atoms with Crippen molar-refractivity contribution in [2.75, 3.05) is 10.6 Å². The van der Waals surface area contributed by atoms with Crippen molar-refractivity contribution in [2.45, 2.75) is 24.0 Å². The van der Waals surface area contributed by atoms with E-state index in [1.165, 1.54) is 25.1 Å². The van der Waals surface area contributed by atoms with Gasteiger partial charge in [-0.3, -0.25) is 9.59 Å². The number of amides is 2. The Kier molecular flexibility index (Phi) is 6.86. The summed E-state index contributed by atoms with van der Waals surface area (Å²) in [4.78, 5) is 25.0. The highest BCUT2D eigenvalue weighted by Gasteiger charge is 2.30. The van der Waals surface area contributed by atoms with Gasteiger partial charge >= 0.3 is 0 Å². The molecule has 0 aromatic heterocycles. The number of carbonyl (C=O) groups is 2. The van der Waals surface area contributed by atoms with Crippen molar-refractivity contribution in [3.63, 3.8) is 0 Å². The van der Waals surface area contributed by atoms with Gasteiger partial charge in [-0.15, -0.1) is 0 Å². The maximum absolute atomic E-state index is 12.7. The zero-order chi connectivity index (χ0) is 23.5. The van der Waals surface area contributed by atoms with Crippen LogP contribution in [0.3, 0.4) is 0 Å². The Labute approximate surface area is 191 Å². The molecule has 7 nitrogen and oxygen atoms in total. The van der Waals surface area contributed by atoms with E-state index < -0.39 is 26.9 Å². The third-order valence-electron chi connectivity index (χ3n) is 4.81. The molecule has 32 heavy (non-hydrogen) atoms. The summed E-state index contributed by atoms with van der Waals surface area (Å²) < 4.78 is 25.3. The fourth-order valence-electron chi connectivity index (χ4n) is 2.85. The van der Waals surface area contributed by atoms with E-state index in [-0.39, 0.29) is 27.0 Å². The van der Waals surface area contributed by atoms with Gasteiger partial charge in [-0.1, -0.05) is 47.5 Å². The molecule has 0 aliphatic rings. The van der Waals surface area contributed by atoms with Crippen LogP contribution >= 0.6 is 11.6 Å². The first-order valence-electron chi connectivity index (χ1n) is 9.60. The summed E-state index contributed by atoms with van der Waals surface area (Å²) in [5.74, 6) is -1.61. The third kappa shape index (κ3) is 5.09. The van der Waals surface area contributed by atoms with Gasteiger partial charge in [-0.2, -0.15) is 0 Å². The zero-order valence-electron chi connectivity index (χ0n) is 17.3. The summed E-state index contributed by atoms with van der Waals surface area (Å²) in [5.41, 5.74) is 1.45. The summed E-state index contributed by atoms with van der Waals surface area (Å²) in [6, 6.07) is 16.9. The highest BCUT2D eigenvalue weighted by molar-refractivity contribution is 7.92. The van der Waals surface area contributed by atoms with Crippen LogP contribution in [0.4, 0.5) is 11.4 Å². The Morgan fingerprint density at radius 2 is 1.56 bits per heavy atom. The lowest BCUT2D eigenvalue weighted by Gasteiger charge is -2.16. The summed E-state index contributed by atoms with van der Waals surface area (Å²) >= 11 is 6.21. The topological polar surface area (TPSA) is 113 Å². The molecule has 0 radical (unpaired) electrons. The molecule has 0 aliphatic heterocycles. The molecule has 166 valence electrons. The third-order valence-corrected chi connectivity index (χ3v) is 7.20. The lowest BCUT2D eigenvalue weighted by Crippen LogP contribution is -2.32. The smallest absolute Gasteiger partial charge is 0.255 e. The number of halogens is 1. The van der Waals surface area contributed by atoms with E-state index in [0.717, 1.165) is 11.6 Å². The molecule has 0 heterocycles. The highest BCUT2D eigenvalue weighted by atomic mass is 35.5. The van der Waals surface area contributed by atoms with Crippen molar-refractivity contribution in [2.24, 2.45) is 0 Å². The SMILES string of the molecule is Cc1ccc(C(=O)Nc2cc(Cl)c(NC(=O)C(C)S(=O)(=O)c3ccccc3)cc2O)cc1. The average Bonchev–Trinajstić information content (AvgIpc) is 2.77. The summed E-state index contributed by atoms with van der Waals surface area (Å²) in [7, 11) is -3.91. The number of phenols is 1. The van der Waals surface area contributed by atoms with Crippen LogP contribution in [-0.4, -0.2) is 30.6 Å². The number of carbonyl (C=O) groups excluding carboxylic acids is 2. The molecule has 1 atom stereocenters. The first-order valence-corrected chi connectivity index (χ1v) is 11.5. The van der Waals surface area contributed by atoms with Gasteiger partial charge in [0.05, 0.1) is 21.3 Å². The van der Waals surface area contributed by atoms with Crippen LogP contribution in [0.25, 0.3) is 0 Å². The number of sulfone groups is 1. The number of hydrogen-bond acceptors (Lipinski definition) is 5. The van der Waals surface area contributed by atoms with E-state index in [9.17, 15) is 23.1 Å². The fraction of sp³-hybridized carbons (Fsp3) is 0.130. The molecule has 3 aromatic carbocycles. The van der Waals surface area contributed by atoms with Crippen LogP contribution in [0, 0.1) is 6.92 Å². The second-order valence-corrected chi connectivity index (χ2v) is 9.83. The summed E-state index contributed by atoms with van der Waals surface area (Å²) in [5, 5.41) is 13.9. The van der Waals surface area contributed by atoms with E-state index in [1.54, 1.807) is 42.5 Å². The van der Waals surface area contributed by atoms with E-state index in [4.69, 9.17) is 11.6 Å². The van der Waals surface area contributed by atoms with Crippen LogP contribution < -0.4 is 10.6 Å². The molecule has 2 amide bonds. The van der Waals surface area contributed by atoms with Gasteiger partial charge in [0.1, 0.15) is 11.0 Å². The molecule has 1 unspecified atom stereocenters. The Hall–Kier alpha value is -3.36. The lowest BCUT2D eigenvalue weighted by atomic mass is 10.1. The Balaban J connectivity index is 1.76. The molecule has 0 aliphatic carbocycles. The Morgan fingerprint density at radius 1 is 0.938 bits per heavy atom. The van der Waals surface area contributed by atoms with Crippen LogP contribution in [0.5, 0.6) is 5.75 Å². The van der Waals surface area contributed by atoms with Crippen molar-refractivity contribution < 1.29 is 23.1 Å². The van der Waals surface area contributed by atoms with E-state index in [0.29, 0.717) is 5.56 Å². The molecule has 3 rings (SSSR count). The summed E-state index contributed by atoms with van der Waals surface area (Å²) in [6.07, 6.45) is 0. The predicted molar refractivity (Wildman–Crippen MR) is 124 cm³/mol. The second kappa shape index (κ2) is 9.42. The first kappa shape index (κ1) is 23.3. The monoisotopic (exact) mass is 472 g/mol. The molecule has 3 aromatic rings. The fourth-order valence-corrected chi connectivity index (χ4v) is 4.34. The second-order valence-electron chi connectivity index (χ2n) is 7.16. The van der Waals surface area contributed by atoms with Gasteiger partial charge in [-0.05, 0) is 44.2 Å². The number of anilines is 2. The number of rotatable bonds is 6. The molecule has 0 bridgehead atoms. The number of phenolic OH excluding ortho intramolecular Hbond substituents is 1. The molecule has 0 fully saturated rings. The molecular formula is C23H21ClN2O5S. The van der Waals surface area contributed by atoms with E-state index in [2.05, 4.69) is 10.6 Å². The van der Waals surface area contributed by atoms with Crippen molar-refractivity contribution in [3.8, 4) is 5.75 Å². The van der Waals surface area contributed by atoms with Crippen molar-refractivity contribution in [1.29, 1.82) is 0 Å². The van der Waals surface area contributed by atoms with E-state index in [1.807, 2.05) is 6.92 Å². The highest BCUT2D eigenvalue weighted by Crippen LogP contribution is 2.34. The van der Waals surface area contributed by atoms with Crippen LogP contribution in [0.2, 0.25) is 5.02 Å². The standard InChI is InChI=1S/C23H21ClN2O5S/c1-14-8-10-16(11-9-14)23(29)26-20-12-18(24)19(13-21(20)27)25-22(28)15(2)32(30,31)17-6-4-3-5-7-17/h3-13,15,27H,1-2H3,(H,25,28)(H,26,29). The molecule has 3 N–H and O–H groups in total. The van der Waals surface area contributed by atoms with Crippen LogP contribution in [-0.2, 0) is 14.6 Å². The quantitative estimate of drug-likeness (QED) is 0.460. The summed E-state index contributed by atoms with van der Waals surface area (Å²) in [6.45, 7) is 3.16. The molecule has 0 spiro atoms. The van der Waals surface area contributed by atoms with Crippen molar-refractivity contribution in [1.82, 2.24) is 0 Å². The van der Waals surface area contributed by atoms with Gasteiger partial charge < -0.3 is 15.7 Å². The van der Waals surface area contributed by atoms with Crippen molar-refractivity contribution >= 4 is 44.6 Å². The zero-order valence-corrected chi connectivity index (χ0v) is 18.9. The number of benzene rings is 3. The average molecular weight is 473 g/mol. The van der Waals surface area contributed by atoms with Gasteiger partial charge in [0.15, 0.2) is 9.84 Å². The van der Waals surface area contributed by atoms with Gasteiger partial charge in [-0.25, -0.2) is 8.42 Å².